The fourth-order valence-corrected chi connectivity index (χ4v) is 2.28. The number of esters is 1. The van der Waals surface area contributed by atoms with Gasteiger partial charge in [0.2, 0.25) is 0 Å². The molecule has 0 aliphatic rings. The van der Waals surface area contributed by atoms with E-state index in [-0.39, 0.29) is 24.6 Å². The number of ether oxygens (including phenoxy) is 2. The van der Waals surface area contributed by atoms with Crippen LogP contribution >= 0.6 is 0 Å². The highest BCUT2D eigenvalue weighted by atomic mass is 16.5. The molecule has 0 spiro atoms. The lowest BCUT2D eigenvalue weighted by atomic mass is 10.0. The molecular weight excluding hydrogens is 330 g/mol. The summed E-state index contributed by atoms with van der Waals surface area (Å²) in [6, 6.07) is 14.3. The van der Waals surface area contributed by atoms with Crippen LogP contribution < -0.4 is 10.1 Å². The van der Waals surface area contributed by atoms with Gasteiger partial charge in [0.1, 0.15) is 5.75 Å². The molecule has 1 amide bonds. The summed E-state index contributed by atoms with van der Waals surface area (Å²) in [7, 11) is 0. The zero-order chi connectivity index (χ0) is 19.1. The minimum Gasteiger partial charge on any atom is -0.484 e. The molecule has 2 aromatic rings. The topological polar surface area (TPSA) is 64.6 Å². The van der Waals surface area contributed by atoms with Crippen molar-refractivity contribution in [2.24, 2.45) is 0 Å². The molecule has 5 heteroatoms. The molecule has 0 heterocycles. The van der Waals surface area contributed by atoms with Crippen molar-refractivity contribution in [1.29, 1.82) is 0 Å². The number of nitrogens with one attached hydrogen (secondary N) is 1. The van der Waals surface area contributed by atoms with Gasteiger partial charge >= 0.3 is 5.97 Å². The van der Waals surface area contributed by atoms with E-state index in [0.717, 1.165) is 5.56 Å². The molecule has 0 unspecified atom stereocenters. The molecule has 0 bridgehead atoms. The Morgan fingerprint density at radius 1 is 1.00 bits per heavy atom. The predicted octanol–water partition coefficient (Wildman–Crippen LogP) is 4.39. The minimum absolute atomic E-state index is 0.0846. The molecule has 26 heavy (non-hydrogen) atoms. The van der Waals surface area contributed by atoms with Crippen molar-refractivity contribution in [3.8, 4) is 5.75 Å². The monoisotopic (exact) mass is 355 g/mol. The van der Waals surface area contributed by atoms with Crippen molar-refractivity contribution in [1.82, 2.24) is 0 Å². The van der Waals surface area contributed by atoms with Crippen molar-refractivity contribution in [3.63, 3.8) is 0 Å². The van der Waals surface area contributed by atoms with E-state index in [0.29, 0.717) is 22.9 Å². The second-order valence-electron chi connectivity index (χ2n) is 6.60. The number of hydrogen-bond acceptors (Lipinski definition) is 4. The summed E-state index contributed by atoms with van der Waals surface area (Å²) in [5.74, 6) is 0.412. The first kappa shape index (κ1) is 19.5. The molecule has 1 N–H and O–H groups in total. The van der Waals surface area contributed by atoms with Crippen molar-refractivity contribution in [2.45, 2.75) is 39.7 Å². The average Bonchev–Trinajstić information content (AvgIpc) is 2.60. The van der Waals surface area contributed by atoms with E-state index in [1.807, 2.05) is 24.3 Å². The highest BCUT2D eigenvalue weighted by Crippen LogP contribution is 2.20. The van der Waals surface area contributed by atoms with Crippen LogP contribution in [0.4, 0.5) is 5.69 Å². The zero-order valence-corrected chi connectivity index (χ0v) is 15.6. The van der Waals surface area contributed by atoms with Crippen molar-refractivity contribution in [3.05, 3.63) is 59.7 Å². The molecule has 0 aromatic heterocycles. The average molecular weight is 355 g/mol. The van der Waals surface area contributed by atoms with Crippen LogP contribution in [0.15, 0.2) is 48.5 Å². The lowest BCUT2D eigenvalue weighted by Gasteiger charge is -2.11. The van der Waals surface area contributed by atoms with Gasteiger partial charge in [-0.05, 0) is 61.7 Å². The maximum Gasteiger partial charge on any atom is 0.338 e. The Kier molecular flexibility index (Phi) is 6.78. The van der Waals surface area contributed by atoms with Crippen molar-refractivity contribution >= 4 is 17.6 Å². The third-order valence-corrected chi connectivity index (χ3v) is 3.64. The first-order chi connectivity index (χ1) is 12.3. The Bertz CT molecular complexity index is 751. The van der Waals surface area contributed by atoms with Gasteiger partial charge in [0.25, 0.3) is 5.91 Å². The van der Waals surface area contributed by atoms with Gasteiger partial charge in [0, 0.05) is 5.69 Å². The van der Waals surface area contributed by atoms with Crippen molar-refractivity contribution in [2.75, 3.05) is 11.9 Å². The number of rotatable bonds is 7. The van der Waals surface area contributed by atoms with E-state index < -0.39 is 0 Å². The van der Waals surface area contributed by atoms with Gasteiger partial charge in [0.15, 0.2) is 6.61 Å². The van der Waals surface area contributed by atoms with Crippen LogP contribution in [0, 0.1) is 0 Å². The molecule has 0 fully saturated rings. The lowest BCUT2D eigenvalue weighted by Crippen LogP contribution is -2.20. The van der Waals surface area contributed by atoms with Gasteiger partial charge < -0.3 is 14.8 Å². The summed E-state index contributed by atoms with van der Waals surface area (Å²) in [5.41, 5.74) is 2.20. The smallest absolute Gasteiger partial charge is 0.338 e. The Morgan fingerprint density at radius 3 is 2.31 bits per heavy atom. The first-order valence-corrected chi connectivity index (χ1v) is 8.69. The molecule has 0 saturated heterocycles. The van der Waals surface area contributed by atoms with Gasteiger partial charge in [-0.1, -0.05) is 26.0 Å². The summed E-state index contributed by atoms with van der Waals surface area (Å²) in [5, 5.41) is 2.74. The number of benzene rings is 2. The number of carbonyl (C=O) groups excluding carboxylic acids is 2. The maximum absolute atomic E-state index is 12.0. The molecule has 0 atom stereocenters. The van der Waals surface area contributed by atoms with Crippen LogP contribution in [-0.2, 0) is 9.53 Å². The predicted molar refractivity (Wildman–Crippen MR) is 102 cm³/mol. The third kappa shape index (κ3) is 5.92. The molecule has 0 aliphatic carbocycles. The second-order valence-corrected chi connectivity index (χ2v) is 6.60. The van der Waals surface area contributed by atoms with Gasteiger partial charge in [-0.15, -0.1) is 0 Å². The quantitative estimate of drug-likeness (QED) is 0.748. The highest BCUT2D eigenvalue weighted by Gasteiger charge is 2.10. The maximum atomic E-state index is 12.0. The SMILES string of the molecule is CC(C)OC(=O)c1ccc(NC(=O)COc2cccc(C(C)C)c2)cc1. The normalized spacial score (nSPS) is 10.7. The lowest BCUT2D eigenvalue weighted by molar-refractivity contribution is -0.118. The second kappa shape index (κ2) is 9.04. The Hall–Kier alpha value is -2.82. The first-order valence-electron chi connectivity index (χ1n) is 8.69. The summed E-state index contributed by atoms with van der Waals surface area (Å²) in [6.45, 7) is 7.71. The van der Waals surface area contributed by atoms with Crippen LogP contribution in [0.3, 0.4) is 0 Å². The van der Waals surface area contributed by atoms with E-state index in [1.54, 1.807) is 38.1 Å². The molecule has 2 aromatic carbocycles. The van der Waals surface area contributed by atoms with Crippen LogP contribution in [-0.4, -0.2) is 24.6 Å². The molecule has 2 rings (SSSR count). The Morgan fingerprint density at radius 2 is 1.69 bits per heavy atom. The van der Waals surface area contributed by atoms with Gasteiger partial charge in [0.05, 0.1) is 11.7 Å². The van der Waals surface area contributed by atoms with Crippen molar-refractivity contribution < 1.29 is 19.1 Å². The fourth-order valence-electron chi connectivity index (χ4n) is 2.28. The minimum atomic E-state index is -0.383. The molecule has 0 aliphatic heterocycles. The molecule has 138 valence electrons. The van der Waals surface area contributed by atoms with Gasteiger partial charge in [-0.2, -0.15) is 0 Å². The van der Waals surface area contributed by atoms with Crippen LogP contribution in [0.2, 0.25) is 0 Å². The summed E-state index contributed by atoms with van der Waals surface area (Å²) in [6.07, 6.45) is -0.173. The van der Waals surface area contributed by atoms with E-state index >= 15 is 0 Å². The standard InChI is InChI=1S/C21H25NO4/c1-14(2)17-6-5-7-19(12-17)25-13-20(23)22-18-10-8-16(9-11-18)21(24)26-15(3)4/h5-12,14-15H,13H2,1-4H3,(H,22,23). The number of hydrogen-bond donors (Lipinski definition) is 1. The molecule has 0 radical (unpaired) electrons. The zero-order valence-electron chi connectivity index (χ0n) is 15.6. The number of carbonyl (C=O) groups is 2. The molecule has 5 nitrogen and oxygen atoms in total. The largest absolute Gasteiger partial charge is 0.484 e. The van der Waals surface area contributed by atoms with E-state index in [2.05, 4.69) is 19.2 Å². The number of anilines is 1. The van der Waals surface area contributed by atoms with Crippen LogP contribution in [0.25, 0.3) is 0 Å². The van der Waals surface area contributed by atoms with E-state index in [1.165, 1.54) is 0 Å². The van der Waals surface area contributed by atoms with Crippen LogP contribution in [0.1, 0.15) is 49.5 Å². The summed E-state index contributed by atoms with van der Waals surface area (Å²) in [4.78, 5) is 23.8. The Labute approximate surface area is 154 Å². The van der Waals surface area contributed by atoms with E-state index in [4.69, 9.17) is 9.47 Å². The fraction of sp³-hybridized carbons (Fsp3) is 0.333. The Balaban J connectivity index is 1.88. The third-order valence-electron chi connectivity index (χ3n) is 3.64. The molecule has 0 saturated carbocycles. The number of amides is 1. The van der Waals surface area contributed by atoms with Crippen LogP contribution in [0.5, 0.6) is 5.75 Å². The summed E-state index contributed by atoms with van der Waals surface area (Å²) >= 11 is 0. The molecular formula is C21H25NO4. The van der Waals surface area contributed by atoms with E-state index in [9.17, 15) is 9.59 Å². The highest BCUT2D eigenvalue weighted by molar-refractivity contribution is 5.93. The van der Waals surface area contributed by atoms with Gasteiger partial charge in [-0.3, -0.25) is 4.79 Å². The summed E-state index contributed by atoms with van der Waals surface area (Å²) < 4.78 is 10.7. The van der Waals surface area contributed by atoms with Gasteiger partial charge in [-0.25, -0.2) is 4.79 Å².